The molecule has 0 saturated heterocycles. The van der Waals surface area contributed by atoms with Crippen molar-refractivity contribution in [3.63, 3.8) is 0 Å². The molecule has 0 unspecified atom stereocenters. The summed E-state index contributed by atoms with van der Waals surface area (Å²) >= 11 is 1.04. The molecule has 1 aromatic carbocycles. The van der Waals surface area contributed by atoms with E-state index in [1.165, 1.54) is 44.2 Å². The van der Waals surface area contributed by atoms with Crippen molar-refractivity contribution in [1.82, 2.24) is 4.98 Å². The number of halogens is 1. The van der Waals surface area contributed by atoms with Crippen LogP contribution >= 0.6 is 11.3 Å². The molecule has 0 spiro atoms. The topological polar surface area (TPSA) is 65.5 Å². The quantitative estimate of drug-likeness (QED) is 0.274. The van der Waals surface area contributed by atoms with E-state index in [0.717, 1.165) is 24.2 Å². The largest absolute Gasteiger partial charge is 0.485 e. The van der Waals surface area contributed by atoms with Gasteiger partial charge in [0.2, 0.25) is 5.78 Å². The van der Waals surface area contributed by atoms with Crippen molar-refractivity contribution in [3.05, 3.63) is 45.7 Å². The lowest BCUT2D eigenvalue weighted by Gasteiger charge is -2.08. The number of rotatable bonds is 12. The molecule has 2 aromatic rings. The fourth-order valence-corrected chi connectivity index (χ4v) is 3.44. The molecular formula is C21H26FNO4S. The van der Waals surface area contributed by atoms with Gasteiger partial charge in [-0.25, -0.2) is 14.2 Å². The van der Waals surface area contributed by atoms with Gasteiger partial charge in [0.15, 0.2) is 17.3 Å². The molecule has 1 aromatic heterocycles. The predicted molar refractivity (Wildman–Crippen MR) is 107 cm³/mol. The highest BCUT2D eigenvalue weighted by atomic mass is 32.1. The number of nitrogens with zero attached hydrogens (tertiary/aromatic N) is 1. The summed E-state index contributed by atoms with van der Waals surface area (Å²) in [5, 5.41) is 1.61. The number of carbonyl (C=O) groups is 2. The summed E-state index contributed by atoms with van der Waals surface area (Å²) in [5.41, 5.74) is 0.748. The maximum absolute atomic E-state index is 14.2. The molecule has 152 valence electrons. The Hall–Kier alpha value is -2.28. The highest BCUT2D eigenvalue weighted by Crippen LogP contribution is 2.20. The van der Waals surface area contributed by atoms with E-state index in [4.69, 9.17) is 4.74 Å². The summed E-state index contributed by atoms with van der Waals surface area (Å²) in [6.45, 7) is 1.91. The number of ketones is 1. The Kier molecular flexibility index (Phi) is 9.07. The fourth-order valence-electron chi connectivity index (χ4n) is 2.73. The van der Waals surface area contributed by atoms with Gasteiger partial charge in [0.25, 0.3) is 0 Å². The summed E-state index contributed by atoms with van der Waals surface area (Å²) < 4.78 is 24.2. The van der Waals surface area contributed by atoms with Crippen LogP contribution in [-0.4, -0.2) is 30.5 Å². The van der Waals surface area contributed by atoms with E-state index in [-0.39, 0.29) is 28.9 Å². The number of unbranched alkanes of at least 4 members (excludes halogenated alkanes) is 5. The highest BCUT2D eigenvalue weighted by Gasteiger charge is 2.16. The number of Topliss-reactive ketones (excluding diaryl/α,β-unsaturated/α-hetero) is 1. The molecule has 0 aliphatic rings. The van der Waals surface area contributed by atoms with Crippen LogP contribution < -0.4 is 4.74 Å². The molecule has 0 aliphatic carbocycles. The van der Waals surface area contributed by atoms with Gasteiger partial charge >= 0.3 is 5.97 Å². The van der Waals surface area contributed by atoms with Crippen LogP contribution in [0.1, 0.15) is 71.3 Å². The van der Waals surface area contributed by atoms with Crippen molar-refractivity contribution in [1.29, 1.82) is 0 Å². The third kappa shape index (κ3) is 6.71. The maximum Gasteiger partial charge on any atom is 0.357 e. The summed E-state index contributed by atoms with van der Waals surface area (Å²) in [6, 6.07) is 4.69. The number of benzene rings is 1. The van der Waals surface area contributed by atoms with Gasteiger partial charge in [-0.2, -0.15) is 0 Å². The number of esters is 1. The van der Waals surface area contributed by atoms with Gasteiger partial charge in [-0.15, -0.1) is 11.3 Å². The Labute approximate surface area is 168 Å². The average Bonchev–Trinajstić information content (AvgIpc) is 3.19. The minimum atomic E-state index is -0.598. The number of aryl methyl sites for hydroxylation is 1. The van der Waals surface area contributed by atoms with Gasteiger partial charge in [0.1, 0.15) is 11.6 Å². The zero-order valence-electron chi connectivity index (χ0n) is 16.3. The van der Waals surface area contributed by atoms with Crippen LogP contribution in [0.2, 0.25) is 0 Å². The van der Waals surface area contributed by atoms with Gasteiger partial charge in [-0.1, -0.05) is 45.1 Å². The maximum atomic E-state index is 14.2. The molecule has 1 heterocycles. The van der Waals surface area contributed by atoms with E-state index >= 15 is 0 Å². The second-order valence-corrected chi connectivity index (χ2v) is 7.37. The monoisotopic (exact) mass is 407 g/mol. The smallest absolute Gasteiger partial charge is 0.357 e. The molecule has 0 saturated carbocycles. The highest BCUT2D eigenvalue weighted by molar-refractivity contribution is 7.12. The van der Waals surface area contributed by atoms with E-state index in [0.29, 0.717) is 17.7 Å². The van der Waals surface area contributed by atoms with Crippen molar-refractivity contribution in [2.45, 2.75) is 51.9 Å². The van der Waals surface area contributed by atoms with Gasteiger partial charge in [0, 0.05) is 11.4 Å². The minimum Gasteiger partial charge on any atom is -0.485 e. The van der Waals surface area contributed by atoms with Gasteiger partial charge in [-0.05, 0) is 24.5 Å². The van der Waals surface area contributed by atoms with E-state index < -0.39 is 5.97 Å². The first kappa shape index (κ1) is 22.0. The third-order valence-corrected chi connectivity index (χ3v) is 5.21. The van der Waals surface area contributed by atoms with Crippen LogP contribution in [0, 0.1) is 5.82 Å². The van der Waals surface area contributed by atoms with Crippen LogP contribution in [0.4, 0.5) is 4.39 Å². The Bertz CT molecular complexity index is 790. The number of thiazole rings is 1. The summed E-state index contributed by atoms with van der Waals surface area (Å²) in [4.78, 5) is 27.4. The molecule has 28 heavy (non-hydrogen) atoms. The Morgan fingerprint density at radius 2 is 1.89 bits per heavy atom. The van der Waals surface area contributed by atoms with Crippen LogP contribution in [0.25, 0.3) is 0 Å². The fraction of sp³-hybridized carbons (Fsp3) is 0.476. The number of ether oxygens (including phenoxy) is 2. The Balaban J connectivity index is 1.81. The molecule has 0 aliphatic heterocycles. The molecule has 0 radical (unpaired) electrons. The molecule has 0 amide bonds. The van der Waals surface area contributed by atoms with Gasteiger partial charge < -0.3 is 9.47 Å². The molecule has 2 rings (SSSR count). The standard InChI is InChI=1S/C21H26FNO4S/c1-3-4-5-6-7-8-9-15-10-11-16(12-17(15)22)27-13-19(24)20-23-18(14-28-20)21(25)26-2/h10-12,14H,3-9,13H2,1-2H3. The lowest BCUT2D eigenvalue weighted by molar-refractivity contribution is 0.0595. The molecule has 0 bridgehead atoms. The molecule has 0 fully saturated rings. The number of methoxy groups -OCH3 is 1. The summed E-state index contributed by atoms with van der Waals surface area (Å²) in [5.74, 6) is -1.00. The summed E-state index contributed by atoms with van der Waals surface area (Å²) in [6.07, 6.45) is 7.66. The number of aromatic nitrogens is 1. The normalized spacial score (nSPS) is 10.7. The zero-order valence-corrected chi connectivity index (χ0v) is 17.1. The molecular weight excluding hydrogens is 381 g/mol. The van der Waals surface area contributed by atoms with Crippen molar-refractivity contribution in [2.75, 3.05) is 13.7 Å². The Morgan fingerprint density at radius 3 is 2.61 bits per heavy atom. The predicted octanol–water partition coefficient (Wildman–Crippen LogP) is 5.23. The van der Waals surface area contributed by atoms with Gasteiger partial charge in [0.05, 0.1) is 7.11 Å². The van der Waals surface area contributed by atoms with Crippen molar-refractivity contribution < 1.29 is 23.5 Å². The first-order valence-electron chi connectivity index (χ1n) is 9.53. The lowest BCUT2D eigenvalue weighted by atomic mass is 10.0. The second-order valence-electron chi connectivity index (χ2n) is 6.51. The number of hydrogen-bond donors (Lipinski definition) is 0. The van der Waals surface area contributed by atoms with Crippen LogP contribution in [-0.2, 0) is 11.2 Å². The first-order chi connectivity index (χ1) is 13.5. The van der Waals surface area contributed by atoms with E-state index in [1.54, 1.807) is 12.1 Å². The lowest BCUT2D eigenvalue weighted by Crippen LogP contribution is -2.12. The molecule has 0 atom stereocenters. The van der Waals surface area contributed by atoms with Crippen molar-refractivity contribution in [3.8, 4) is 5.75 Å². The van der Waals surface area contributed by atoms with E-state index in [9.17, 15) is 14.0 Å². The van der Waals surface area contributed by atoms with Gasteiger partial charge in [-0.3, -0.25) is 4.79 Å². The van der Waals surface area contributed by atoms with Crippen molar-refractivity contribution >= 4 is 23.1 Å². The van der Waals surface area contributed by atoms with Crippen molar-refractivity contribution in [2.24, 2.45) is 0 Å². The minimum absolute atomic E-state index is 0.0842. The first-order valence-corrected chi connectivity index (χ1v) is 10.4. The number of carbonyl (C=O) groups excluding carboxylic acids is 2. The molecule has 0 N–H and O–H groups in total. The average molecular weight is 408 g/mol. The molecule has 7 heteroatoms. The van der Waals surface area contributed by atoms with E-state index in [2.05, 4.69) is 16.6 Å². The SMILES string of the molecule is CCCCCCCCc1ccc(OCC(=O)c2nc(C(=O)OC)cs2)cc1F. The molecule has 5 nitrogen and oxygen atoms in total. The van der Waals surface area contributed by atoms with Crippen LogP contribution in [0.5, 0.6) is 5.75 Å². The Morgan fingerprint density at radius 1 is 1.14 bits per heavy atom. The summed E-state index contributed by atoms with van der Waals surface area (Å²) in [7, 11) is 1.25. The van der Waals surface area contributed by atoms with Crippen LogP contribution in [0.15, 0.2) is 23.6 Å². The second kappa shape index (κ2) is 11.5. The zero-order chi connectivity index (χ0) is 20.4. The van der Waals surface area contributed by atoms with E-state index in [1.807, 2.05) is 0 Å². The third-order valence-electron chi connectivity index (χ3n) is 4.33. The van der Waals surface area contributed by atoms with Crippen LogP contribution in [0.3, 0.4) is 0 Å². The number of hydrogen-bond acceptors (Lipinski definition) is 6.